The van der Waals surface area contributed by atoms with Crippen molar-refractivity contribution < 1.29 is 5.11 Å². The molecule has 0 aromatic rings. The van der Waals surface area contributed by atoms with E-state index in [0.29, 0.717) is 0 Å². The van der Waals surface area contributed by atoms with Crippen LogP contribution in [0.4, 0.5) is 0 Å². The fourth-order valence-electron chi connectivity index (χ4n) is 2.51. The van der Waals surface area contributed by atoms with E-state index in [1.54, 1.807) is 0 Å². The summed E-state index contributed by atoms with van der Waals surface area (Å²) in [6.07, 6.45) is 0. The summed E-state index contributed by atoms with van der Waals surface area (Å²) in [4.78, 5) is 4.51. The lowest BCUT2D eigenvalue weighted by Crippen LogP contribution is -2.48. The van der Waals surface area contributed by atoms with Gasteiger partial charge in [0.25, 0.3) is 0 Å². The van der Waals surface area contributed by atoms with E-state index in [1.807, 2.05) is 0 Å². The summed E-state index contributed by atoms with van der Waals surface area (Å²) in [6, 6.07) is 0. The molecule has 4 nitrogen and oxygen atoms in total. The number of nitrogens with zero attached hydrogens (tertiary/aromatic N) is 2. The standard InChI is InChI=1S/C18H41N3O/c1-16(2,3)10-19-13-20(11-17(4,5)6)14-21(15-22)12-18(7,8)9/h19,22H,10-15H2,1-9H3. The van der Waals surface area contributed by atoms with E-state index >= 15 is 0 Å². The van der Waals surface area contributed by atoms with Gasteiger partial charge < -0.3 is 10.4 Å². The summed E-state index contributed by atoms with van der Waals surface area (Å²) in [5.74, 6) is 0. The molecular formula is C18H41N3O. The maximum Gasteiger partial charge on any atom is 0.0966 e. The van der Waals surface area contributed by atoms with Crippen LogP contribution in [0.25, 0.3) is 0 Å². The zero-order valence-electron chi connectivity index (χ0n) is 16.6. The second-order valence-electron chi connectivity index (χ2n) is 10.2. The topological polar surface area (TPSA) is 38.7 Å². The summed E-state index contributed by atoms with van der Waals surface area (Å²) in [5.41, 5.74) is 0.719. The molecular weight excluding hydrogens is 274 g/mol. The van der Waals surface area contributed by atoms with E-state index in [4.69, 9.17) is 0 Å². The highest BCUT2D eigenvalue weighted by atomic mass is 16.3. The van der Waals surface area contributed by atoms with Crippen molar-refractivity contribution in [2.75, 3.05) is 39.7 Å². The molecule has 0 bridgehead atoms. The fraction of sp³-hybridized carbons (Fsp3) is 1.00. The Kier molecular flexibility index (Phi) is 8.56. The number of rotatable bonds is 8. The molecule has 22 heavy (non-hydrogen) atoms. The van der Waals surface area contributed by atoms with Gasteiger partial charge in [-0.2, -0.15) is 0 Å². The van der Waals surface area contributed by atoms with Gasteiger partial charge >= 0.3 is 0 Å². The predicted octanol–water partition coefficient (Wildman–Crippen LogP) is 3.18. The molecule has 2 N–H and O–H groups in total. The van der Waals surface area contributed by atoms with Crippen molar-refractivity contribution in [1.29, 1.82) is 0 Å². The lowest BCUT2D eigenvalue weighted by atomic mass is 9.95. The lowest BCUT2D eigenvalue weighted by molar-refractivity contribution is 0.0122. The van der Waals surface area contributed by atoms with Crippen molar-refractivity contribution in [3.05, 3.63) is 0 Å². The molecule has 0 aliphatic carbocycles. The third-order valence-corrected chi connectivity index (χ3v) is 2.99. The highest BCUT2D eigenvalue weighted by Crippen LogP contribution is 2.18. The minimum absolute atomic E-state index is 0.108. The van der Waals surface area contributed by atoms with Crippen LogP contribution in [0.15, 0.2) is 0 Å². The number of nitrogens with one attached hydrogen (secondary N) is 1. The van der Waals surface area contributed by atoms with Crippen LogP contribution in [-0.2, 0) is 0 Å². The summed E-state index contributed by atoms with van der Waals surface area (Å²) in [7, 11) is 0. The van der Waals surface area contributed by atoms with Gasteiger partial charge in [-0.3, -0.25) is 9.80 Å². The maximum absolute atomic E-state index is 9.67. The smallest absolute Gasteiger partial charge is 0.0966 e. The second-order valence-corrected chi connectivity index (χ2v) is 10.2. The molecule has 0 rings (SSSR count). The molecule has 0 fully saturated rings. The highest BCUT2D eigenvalue weighted by molar-refractivity contribution is 4.73. The van der Waals surface area contributed by atoms with Gasteiger partial charge in [0, 0.05) is 26.3 Å². The molecule has 0 aromatic carbocycles. The van der Waals surface area contributed by atoms with Gasteiger partial charge in [-0.25, -0.2) is 0 Å². The quantitative estimate of drug-likeness (QED) is 0.675. The molecule has 0 aromatic heterocycles. The SMILES string of the molecule is CC(C)(C)CNCN(CN(CO)CC(C)(C)C)CC(C)(C)C. The molecule has 4 heteroatoms. The Bertz CT molecular complexity index is 297. The Hall–Kier alpha value is -0.160. The average Bonchev–Trinajstić information content (AvgIpc) is 2.21. The molecule has 0 amide bonds. The molecule has 0 aliphatic heterocycles. The summed E-state index contributed by atoms with van der Waals surface area (Å²) in [6.45, 7) is 24.8. The fourth-order valence-corrected chi connectivity index (χ4v) is 2.51. The van der Waals surface area contributed by atoms with Crippen LogP contribution >= 0.6 is 0 Å². The van der Waals surface area contributed by atoms with Crippen LogP contribution in [0, 0.1) is 16.2 Å². The summed E-state index contributed by atoms with van der Waals surface area (Å²) >= 11 is 0. The molecule has 0 unspecified atom stereocenters. The monoisotopic (exact) mass is 315 g/mol. The first kappa shape index (κ1) is 21.8. The van der Waals surface area contributed by atoms with Gasteiger partial charge in [-0.1, -0.05) is 62.3 Å². The summed E-state index contributed by atoms with van der Waals surface area (Å²) < 4.78 is 0. The molecule has 0 heterocycles. The lowest BCUT2D eigenvalue weighted by Gasteiger charge is -2.36. The van der Waals surface area contributed by atoms with E-state index < -0.39 is 0 Å². The maximum atomic E-state index is 9.67. The average molecular weight is 316 g/mol. The zero-order valence-corrected chi connectivity index (χ0v) is 16.6. The van der Waals surface area contributed by atoms with Crippen LogP contribution in [-0.4, -0.2) is 54.6 Å². The third kappa shape index (κ3) is 13.5. The molecule has 0 aliphatic rings. The Morgan fingerprint density at radius 3 is 1.55 bits per heavy atom. The highest BCUT2D eigenvalue weighted by Gasteiger charge is 2.22. The number of hydrogen-bond acceptors (Lipinski definition) is 4. The van der Waals surface area contributed by atoms with E-state index in [1.165, 1.54) is 0 Å². The van der Waals surface area contributed by atoms with Gasteiger partial charge in [0.2, 0.25) is 0 Å². The molecule has 0 atom stereocenters. The van der Waals surface area contributed by atoms with Gasteiger partial charge in [-0.05, 0) is 16.2 Å². The van der Waals surface area contributed by atoms with Crippen molar-refractivity contribution in [3.63, 3.8) is 0 Å². The van der Waals surface area contributed by atoms with Gasteiger partial charge in [0.15, 0.2) is 0 Å². The van der Waals surface area contributed by atoms with E-state index in [2.05, 4.69) is 77.4 Å². The predicted molar refractivity (Wildman–Crippen MR) is 96.6 cm³/mol. The first-order valence-corrected chi connectivity index (χ1v) is 8.48. The minimum atomic E-state index is 0.108. The Balaban J connectivity index is 4.63. The van der Waals surface area contributed by atoms with Crippen molar-refractivity contribution >= 4 is 0 Å². The normalized spacial score (nSPS) is 14.2. The first-order valence-electron chi connectivity index (χ1n) is 8.48. The molecule has 0 spiro atoms. The van der Waals surface area contributed by atoms with Gasteiger partial charge in [-0.15, -0.1) is 0 Å². The van der Waals surface area contributed by atoms with Crippen LogP contribution in [0.2, 0.25) is 0 Å². The minimum Gasteiger partial charge on any atom is -0.381 e. The van der Waals surface area contributed by atoms with Gasteiger partial charge in [0.1, 0.15) is 0 Å². The first-order chi connectivity index (χ1) is 9.72. The van der Waals surface area contributed by atoms with Crippen molar-refractivity contribution in [3.8, 4) is 0 Å². The molecule has 0 saturated carbocycles. The zero-order chi connectivity index (χ0) is 17.6. The number of aliphatic hydroxyl groups is 1. The van der Waals surface area contributed by atoms with E-state index in [-0.39, 0.29) is 23.0 Å². The van der Waals surface area contributed by atoms with Crippen molar-refractivity contribution in [1.82, 2.24) is 15.1 Å². The third-order valence-electron chi connectivity index (χ3n) is 2.99. The van der Waals surface area contributed by atoms with Crippen LogP contribution in [0.5, 0.6) is 0 Å². The van der Waals surface area contributed by atoms with Crippen LogP contribution in [0.1, 0.15) is 62.3 Å². The summed E-state index contributed by atoms with van der Waals surface area (Å²) in [5, 5.41) is 13.2. The molecule has 0 saturated heterocycles. The Morgan fingerprint density at radius 2 is 1.18 bits per heavy atom. The van der Waals surface area contributed by atoms with Crippen molar-refractivity contribution in [2.24, 2.45) is 16.2 Å². The number of hydrogen-bond donors (Lipinski definition) is 2. The van der Waals surface area contributed by atoms with Crippen LogP contribution in [0.3, 0.4) is 0 Å². The number of aliphatic hydroxyl groups excluding tert-OH is 1. The van der Waals surface area contributed by atoms with E-state index in [0.717, 1.165) is 33.0 Å². The van der Waals surface area contributed by atoms with Gasteiger partial charge in [0.05, 0.1) is 13.4 Å². The molecule has 134 valence electrons. The Labute approximate surface area is 139 Å². The van der Waals surface area contributed by atoms with E-state index in [9.17, 15) is 5.11 Å². The largest absolute Gasteiger partial charge is 0.381 e. The van der Waals surface area contributed by atoms with Crippen LogP contribution < -0.4 is 5.32 Å². The second kappa shape index (κ2) is 8.62. The molecule has 0 radical (unpaired) electrons. The van der Waals surface area contributed by atoms with Crippen molar-refractivity contribution in [2.45, 2.75) is 62.3 Å². The Morgan fingerprint density at radius 1 is 0.727 bits per heavy atom.